The molecule has 1 aromatic rings. The number of allylic oxidation sites excluding steroid dienone is 2. The van der Waals surface area contributed by atoms with Gasteiger partial charge in [-0.05, 0) is 56.0 Å². The van der Waals surface area contributed by atoms with Crippen LogP contribution in [-0.4, -0.2) is 19.7 Å². The third-order valence-corrected chi connectivity index (χ3v) is 3.34. The van der Waals surface area contributed by atoms with Crippen molar-refractivity contribution >= 4 is 11.5 Å². The molecule has 0 amide bonds. The SMILES string of the molecule is C=CC/C=C(\c1ccc(OC)c(C)c1)C(C)C(=O)OCC. The maximum Gasteiger partial charge on any atom is 0.313 e. The Morgan fingerprint density at radius 3 is 2.67 bits per heavy atom. The van der Waals surface area contributed by atoms with Crippen LogP contribution < -0.4 is 4.74 Å². The fraction of sp³-hybridized carbons (Fsp3) is 0.389. The van der Waals surface area contributed by atoms with Crippen molar-refractivity contribution in [3.05, 3.63) is 48.1 Å². The van der Waals surface area contributed by atoms with Gasteiger partial charge in [0, 0.05) is 0 Å². The predicted octanol–water partition coefficient (Wildman–Crippen LogP) is 4.16. The summed E-state index contributed by atoms with van der Waals surface area (Å²) >= 11 is 0. The molecule has 0 saturated heterocycles. The first-order chi connectivity index (χ1) is 10.0. The average Bonchev–Trinajstić information content (AvgIpc) is 2.47. The van der Waals surface area contributed by atoms with Crippen LogP contribution in [0.15, 0.2) is 36.9 Å². The van der Waals surface area contributed by atoms with Crippen LogP contribution in [0.5, 0.6) is 5.75 Å². The summed E-state index contributed by atoms with van der Waals surface area (Å²) in [4.78, 5) is 12.0. The Kier molecular flexibility index (Phi) is 6.73. The predicted molar refractivity (Wildman–Crippen MR) is 86.3 cm³/mol. The minimum Gasteiger partial charge on any atom is -0.496 e. The third kappa shape index (κ3) is 4.48. The Morgan fingerprint density at radius 2 is 2.14 bits per heavy atom. The van der Waals surface area contributed by atoms with Gasteiger partial charge in [0.25, 0.3) is 0 Å². The molecule has 0 heterocycles. The van der Waals surface area contributed by atoms with Crippen molar-refractivity contribution in [1.29, 1.82) is 0 Å². The zero-order chi connectivity index (χ0) is 15.8. The summed E-state index contributed by atoms with van der Waals surface area (Å²) in [5.41, 5.74) is 3.00. The van der Waals surface area contributed by atoms with Gasteiger partial charge in [0.05, 0.1) is 19.6 Å². The van der Waals surface area contributed by atoms with Gasteiger partial charge in [-0.25, -0.2) is 0 Å². The van der Waals surface area contributed by atoms with Crippen molar-refractivity contribution in [1.82, 2.24) is 0 Å². The number of hydrogen-bond acceptors (Lipinski definition) is 3. The first kappa shape index (κ1) is 17.0. The smallest absolute Gasteiger partial charge is 0.313 e. The lowest BCUT2D eigenvalue weighted by molar-refractivity contribution is -0.145. The Balaban J connectivity index is 3.16. The zero-order valence-electron chi connectivity index (χ0n) is 13.3. The molecule has 0 fully saturated rings. The molecule has 0 saturated carbocycles. The van der Waals surface area contributed by atoms with Crippen LogP contribution in [0.25, 0.3) is 5.57 Å². The molecular weight excluding hydrogens is 264 g/mol. The van der Waals surface area contributed by atoms with Gasteiger partial charge in [0.1, 0.15) is 5.75 Å². The van der Waals surface area contributed by atoms with Crippen molar-refractivity contribution in [3.8, 4) is 5.75 Å². The zero-order valence-corrected chi connectivity index (χ0v) is 13.3. The maximum absolute atomic E-state index is 12.0. The summed E-state index contributed by atoms with van der Waals surface area (Å²) in [5.74, 6) is 0.324. The Hall–Kier alpha value is -2.03. The normalized spacial score (nSPS) is 12.7. The molecule has 3 heteroatoms. The minimum absolute atomic E-state index is 0.207. The van der Waals surface area contributed by atoms with Gasteiger partial charge < -0.3 is 9.47 Å². The summed E-state index contributed by atoms with van der Waals surface area (Å²) in [6, 6.07) is 5.92. The van der Waals surface area contributed by atoms with Crippen molar-refractivity contribution in [2.75, 3.05) is 13.7 Å². The quantitative estimate of drug-likeness (QED) is 0.558. The van der Waals surface area contributed by atoms with E-state index >= 15 is 0 Å². The van der Waals surface area contributed by atoms with Gasteiger partial charge in [-0.1, -0.05) is 18.2 Å². The monoisotopic (exact) mass is 288 g/mol. The van der Waals surface area contributed by atoms with Crippen molar-refractivity contribution < 1.29 is 14.3 Å². The topological polar surface area (TPSA) is 35.5 Å². The Bertz CT molecular complexity index is 529. The van der Waals surface area contributed by atoms with E-state index in [1.807, 2.05) is 51.1 Å². The lowest BCUT2D eigenvalue weighted by Gasteiger charge is -2.16. The molecule has 0 N–H and O–H groups in total. The molecule has 1 rings (SSSR count). The van der Waals surface area contributed by atoms with E-state index in [1.165, 1.54) is 0 Å². The molecular formula is C18H24O3. The van der Waals surface area contributed by atoms with E-state index in [1.54, 1.807) is 7.11 Å². The first-order valence-corrected chi connectivity index (χ1v) is 7.17. The molecule has 0 aliphatic heterocycles. The van der Waals surface area contributed by atoms with Gasteiger partial charge in [-0.2, -0.15) is 0 Å². The molecule has 1 aromatic carbocycles. The minimum atomic E-state index is -0.308. The van der Waals surface area contributed by atoms with Crippen LogP contribution in [0.4, 0.5) is 0 Å². The highest BCUT2D eigenvalue weighted by atomic mass is 16.5. The van der Waals surface area contributed by atoms with E-state index in [2.05, 4.69) is 6.58 Å². The van der Waals surface area contributed by atoms with Gasteiger partial charge in [-0.15, -0.1) is 6.58 Å². The van der Waals surface area contributed by atoms with Gasteiger partial charge >= 0.3 is 5.97 Å². The Morgan fingerprint density at radius 1 is 1.43 bits per heavy atom. The molecule has 0 aliphatic carbocycles. The van der Waals surface area contributed by atoms with Crippen LogP contribution in [-0.2, 0) is 9.53 Å². The number of rotatable bonds is 7. The fourth-order valence-electron chi connectivity index (χ4n) is 2.21. The van der Waals surface area contributed by atoms with E-state index in [0.717, 1.165) is 22.4 Å². The highest BCUT2D eigenvalue weighted by Crippen LogP contribution is 2.29. The number of carbonyl (C=O) groups is 1. The lowest BCUT2D eigenvalue weighted by atomic mass is 9.91. The largest absolute Gasteiger partial charge is 0.496 e. The van der Waals surface area contributed by atoms with Crippen LogP contribution in [0.3, 0.4) is 0 Å². The van der Waals surface area contributed by atoms with Gasteiger partial charge in [0.2, 0.25) is 0 Å². The van der Waals surface area contributed by atoms with Crippen LogP contribution in [0, 0.1) is 12.8 Å². The van der Waals surface area contributed by atoms with Gasteiger partial charge in [-0.3, -0.25) is 4.79 Å². The van der Waals surface area contributed by atoms with Crippen molar-refractivity contribution in [3.63, 3.8) is 0 Å². The number of ether oxygens (including phenoxy) is 2. The summed E-state index contributed by atoms with van der Waals surface area (Å²) in [7, 11) is 1.65. The summed E-state index contributed by atoms with van der Waals surface area (Å²) in [5, 5.41) is 0. The average molecular weight is 288 g/mol. The number of aryl methyl sites for hydroxylation is 1. The van der Waals surface area contributed by atoms with Crippen LogP contribution >= 0.6 is 0 Å². The highest BCUT2D eigenvalue weighted by molar-refractivity contribution is 5.88. The third-order valence-electron chi connectivity index (χ3n) is 3.34. The van der Waals surface area contributed by atoms with E-state index < -0.39 is 0 Å². The number of esters is 1. The van der Waals surface area contributed by atoms with E-state index in [-0.39, 0.29) is 11.9 Å². The van der Waals surface area contributed by atoms with Crippen molar-refractivity contribution in [2.24, 2.45) is 5.92 Å². The van der Waals surface area contributed by atoms with Gasteiger partial charge in [0.15, 0.2) is 0 Å². The van der Waals surface area contributed by atoms with Crippen LogP contribution in [0.2, 0.25) is 0 Å². The summed E-state index contributed by atoms with van der Waals surface area (Å²) in [6.07, 6.45) is 4.55. The van der Waals surface area contributed by atoms with E-state index in [0.29, 0.717) is 13.0 Å². The van der Waals surface area contributed by atoms with E-state index in [4.69, 9.17) is 9.47 Å². The number of hydrogen-bond donors (Lipinski definition) is 0. The molecule has 0 aliphatic rings. The molecule has 0 aromatic heterocycles. The summed E-state index contributed by atoms with van der Waals surface area (Å²) < 4.78 is 10.4. The second-order valence-electron chi connectivity index (χ2n) is 4.84. The lowest BCUT2D eigenvalue weighted by Crippen LogP contribution is -2.16. The maximum atomic E-state index is 12.0. The molecule has 0 radical (unpaired) electrons. The number of carbonyl (C=O) groups excluding carboxylic acids is 1. The second-order valence-corrected chi connectivity index (χ2v) is 4.84. The molecule has 3 nitrogen and oxygen atoms in total. The standard InChI is InChI=1S/C18H24O3/c1-6-8-9-16(14(4)18(19)21-7-2)15-10-11-17(20-5)13(3)12-15/h6,9-12,14H,1,7-8H2,2-5H3/b16-9-. The molecule has 0 spiro atoms. The fourth-order valence-corrected chi connectivity index (χ4v) is 2.21. The molecule has 21 heavy (non-hydrogen) atoms. The van der Waals surface area contributed by atoms with Crippen LogP contribution in [0.1, 0.15) is 31.4 Å². The highest BCUT2D eigenvalue weighted by Gasteiger charge is 2.20. The molecule has 114 valence electrons. The Labute approximate surface area is 127 Å². The number of benzene rings is 1. The number of methoxy groups -OCH3 is 1. The molecule has 0 bridgehead atoms. The molecule has 1 atom stereocenters. The summed E-state index contributed by atoms with van der Waals surface area (Å²) in [6.45, 7) is 9.79. The second kappa shape index (κ2) is 8.30. The van der Waals surface area contributed by atoms with Crippen molar-refractivity contribution in [2.45, 2.75) is 27.2 Å². The molecule has 1 unspecified atom stereocenters. The van der Waals surface area contributed by atoms with E-state index in [9.17, 15) is 4.79 Å². The first-order valence-electron chi connectivity index (χ1n) is 7.17.